The zero-order valence-electron chi connectivity index (χ0n) is 11.8. The van der Waals surface area contributed by atoms with Crippen molar-refractivity contribution in [3.63, 3.8) is 0 Å². The molecular formula is C16H19O4-. The lowest BCUT2D eigenvalue weighted by atomic mass is 10.2. The average molecular weight is 275 g/mol. The monoisotopic (exact) mass is 275 g/mol. The number of hydrogen-bond acceptors (Lipinski definition) is 3. The zero-order chi connectivity index (χ0) is 16.1. The van der Waals surface area contributed by atoms with Gasteiger partial charge in [-0.15, -0.1) is 0 Å². The van der Waals surface area contributed by atoms with E-state index in [1.54, 1.807) is 0 Å². The third-order valence-electron chi connectivity index (χ3n) is 1.75. The van der Waals surface area contributed by atoms with E-state index in [2.05, 4.69) is 19.7 Å². The molecule has 20 heavy (non-hydrogen) atoms. The number of carboxylic acids is 2. The van der Waals surface area contributed by atoms with Crippen LogP contribution in [0.2, 0.25) is 0 Å². The molecule has 0 aliphatic heterocycles. The molecule has 0 aliphatic carbocycles. The lowest BCUT2D eigenvalue weighted by Crippen LogP contribution is -2.22. The van der Waals surface area contributed by atoms with Crippen LogP contribution in [0.5, 0.6) is 0 Å². The fourth-order valence-corrected chi connectivity index (χ4v) is 0.589. The summed E-state index contributed by atoms with van der Waals surface area (Å²) in [5, 5.41) is 17.4. The summed E-state index contributed by atoms with van der Waals surface area (Å²) in [6.07, 6.45) is 1.83. The average Bonchev–Trinajstić information content (AvgIpc) is 2.40. The van der Waals surface area contributed by atoms with E-state index in [1.807, 2.05) is 36.4 Å². The number of carbonyl (C=O) groups is 2. The first-order chi connectivity index (χ1) is 9.22. The van der Waals surface area contributed by atoms with Crippen LogP contribution in [0.25, 0.3) is 6.08 Å². The summed E-state index contributed by atoms with van der Waals surface area (Å²) in [4.78, 5) is 19.1. The molecule has 4 heteroatoms. The van der Waals surface area contributed by atoms with Crippen molar-refractivity contribution in [3.05, 3.63) is 66.8 Å². The summed E-state index contributed by atoms with van der Waals surface area (Å²) in [6.45, 7) is 12.7. The first-order valence-electron chi connectivity index (χ1n) is 5.65. The smallest absolute Gasteiger partial charge is 0.330 e. The molecule has 0 aliphatic rings. The van der Waals surface area contributed by atoms with Gasteiger partial charge in [-0.25, -0.2) is 4.79 Å². The van der Waals surface area contributed by atoms with E-state index in [-0.39, 0.29) is 11.1 Å². The molecule has 1 aromatic rings. The highest BCUT2D eigenvalue weighted by molar-refractivity contribution is 5.84. The number of rotatable bonds is 3. The van der Waals surface area contributed by atoms with Crippen LogP contribution in [0.3, 0.4) is 0 Å². The molecule has 1 rings (SSSR count). The second kappa shape index (κ2) is 11.5. The highest BCUT2D eigenvalue weighted by Crippen LogP contribution is 1.97. The van der Waals surface area contributed by atoms with E-state index in [4.69, 9.17) is 5.11 Å². The molecule has 0 saturated heterocycles. The van der Waals surface area contributed by atoms with E-state index < -0.39 is 11.9 Å². The third kappa shape index (κ3) is 13.4. The highest BCUT2D eigenvalue weighted by atomic mass is 16.4. The molecular weight excluding hydrogens is 256 g/mol. The summed E-state index contributed by atoms with van der Waals surface area (Å²) < 4.78 is 0. The summed E-state index contributed by atoms with van der Waals surface area (Å²) in [7, 11) is 0. The Hall–Kier alpha value is -2.62. The molecule has 0 unspecified atom stereocenters. The van der Waals surface area contributed by atoms with Crippen molar-refractivity contribution >= 4 is 18.0 Å². The summed E-state index contributed by atoms with van der Waals surface area (Å²) >= 11 is 0. The van der Waals surface area contributed by atoms with Gasteiger partial charge in [0, 0.05) is 5.57 Å². The minimum Gasteiger partial charge on any atom is -0.545 e. The van der Waals surface area contributed by atoms with Crippen LogP contribution in [0.4, 0.5) is 0 Å². The summed E-state index contributed by atoms with van der Waals surface area (Å²) in [5.41, 5.74) is 1.41. The first kappa shape index (κ1) is 19.7. The fourth-order valence-electron chi connectivity index (χ4n) is 0.589. The predicted molar refractivity (Wildman–Crippen MR) is 78.8 cm³/mol. The SMILES string of the molecule is C=C(C)C(=O)O.C=C(C)C(=O)[O-].C=Cc1ccccc1. The lowest BCUT2D eigenvalue weighted by Gasteiger charge is -1.93. The fraction of sp³-hybridized carbons (Fsp3) is 0.125. The number of benzene rings is 1. The normalized spacial score (nSPS) is 7.90. The van der Waals surface area contributed by atoms with Crippen molar-refractivity contribution in [3.8, 4) is 0 Å². The Morgan fingerprint density at radius 2 is 1.45 bits per heavy atom. The van der Waals surface area contributed by atoms with Crippen molar-refractivity contribution in [1.82, 2.24) is 0 Å². The van der Waals surface area contributed by atoms with E-state index in [1.165, 1.54) is 19.4 Å². The second-order valence-electron chi connectivity index (χ2n) is 3.77. The van der Waals surface area contributed by atoms with Crippen LogP contribution in [-0.2, 0) is 9.59 Å². The largest absolute Gasteiger partial charge is 0.545 e. The molecule has 0 atom stereocenters. The maximum Gasteiger partial charge on any atom is 0.330 e. The molecule has 0 amide bonds. The molecule has 4 nitrogen and oxygen atoms in total. The van der Waals surface area contributed by atoms with Gasteiger partial charge in [-0.1, -0.05) is 56.1 Å². The molecule has 1 aromatic carbocycles. The van der Waals surface area contributed by atoms with Gasteiger partial charge >= 0.3 is 5.97 Å². The first-order valence-corrected chi connectivity index (χ1v) is 5.65. The van der Waals surface area contributed by atoms with Gasteiger partial charge < -0.3 is 15.0 Å². The van der Waals surface area contributed by atoms with Crippen molar-refractivity contribution in [2.75, 3.05) is 0 Å². The Kier molecular flexibility index (Phi) is 11.3. The molecule has 0 bridgehead atoms. The Balaban J connectivity index is 0. The van der Waals surface area contributed by atoms with Crippen molar-refractivity contribution in [1.29, 1.82) is 0 Å². The Morgan fingerprint density at radius 1 is 1.10 bits per heavy atom. The highest BCUT2D eigenvalue weighted by Gasteiger charge is 1.90. The maximum atomic E-state index is 9.60. The van der Waals surface area contributed by atoms with Gasteiger partial charge in [-0.2, -0.15) is 0 Å². The Labute approximate surface area is 119 Å². The van der Waals surface area contributed by atoms with Gasteiger partial charge in [0.25, 0.3) is 0 Å². The molecule has 0 heterocycles. The molecule has 0 fully saturated rings. The van der Waals surface area contributed by atoms with Crippen LogP contribution in [0.15, 0.2) is 61.2 Å². The maximum absolute atomic E-state index is 9.60. The van der Waals surface area contributed by atoms with Crippen molar-refractivity contribution in [2.45, 2.75) is 13.8 Å². The standard InChI is InChI=1S/C8H8.2C4H6O2/c1-2-8-6-4-3-5-7-8;2*1-3(2)4(5)6/h2-7H,1H2;2*1H2,2H3,(H,5,6)/p-1. The van der Waals surface area contributed by atoms with E-state index in [0.29, 0.717) is 0 Å². The number of carboxylic acid groups (broad SMARTS) is 2. The number of aliphatic carboxylic acids is 2. The van der Waals surface area contributed by atoms with Gasteiger partial charge in [-0.3, -0.25) is 0 Å². The Bertz CT molecular complexity index is 425. The minimum absolute atomic E-state index is 0.0648. The van der Waals surface area contributed by atoms with Crippen molar-refractivity contribution in [2.24, 2.45) is 0 Å². The van der Waals surface area contributed by atoms with Gasteiger partial charge in [0.1, 0.15) is 0 Å². The van der Waals surface area contributed by atoms with E-state index in [9.17, 15) is 14.7 Å². The van der Waals surface area contributed by atoms with Crippen LogP contribution >= 0.6 is 0 Å². The second-order valence-corrected chi connectivity index (χ2v) is 3.77. The Morgan fingerprint density at radius 3 is 1.60 bits per heavy atom. The predicted octanol–water partition coefficient (Wildman–Crippen LogP) is 2.29. The van der Waals surface area contributed by atoms with Crippen LogP contribution in [0.1, 0.15) is 19.4 Å². The van der Waals surface area contributed by atoms with Crippen LogP contribution in [0, 0.1) is 0 Å². The van der Waals surface area contributed by atoms with Gasteiger partial charge in [0.05, 0.1) is 5.97 Å². The summed E-state index contributed by atoms with van der Waals surface area (Å²) in [6, 6.07) is 10.0. The quantitative estimate of drug-likeness (QED) is 0.858. The molecule has 0 saturated carbocycles. The molecule has 1 N–H and O–H groups in total. The van der Waals surface area contributed by atoms with Crippen LogP contribution in [-0.4, -0.2) is 17.0 Å². The van der Waals surface area contributed by atoms with E-state index in [0.717, 1.165) is 0 Å². The lowest BCUT2D eigenvalue weighted by molar-refractivity contribution is -0.299. The van der Waals surface area contributed by atoms with Gasteiger partial charge in [0.2, 0.25) is 0 Å². The molecule has 0 spiro atoms. The zero-order valence-corrected chi connectivity index (χ0v) is 11.8. The number of carbonyl (C=O) groups excluding carboxylic acids is 1. The molecule has 0 radical (unpaired) electrons. The minimum atomic E-state index is -1.19. The number of hydrogen-bond donors (Lipinski definition) is 1. The van der Waals surface area contributed by atoms with Crippen molar-refractivity contribution < 1.29 is 19.8 Å². The molecule has 108 valence electrons. The van der Waals surface area contributed by atoms with Crippen LogP contribution < -0.4 is 5.11 Å². The molecule has 0 aromatic heterocycles. The summed E-state index contributed by atoms with van der Waals surface area (Å²) in [5.74, 6) is -2.12. The van der Waals surface area contributed by atoms with E-state index >= 15 is 0 Å². The topological polar surface area (TPSA) is 77.4 Å². The third-order valence-corrected chi connectivity index (χ3v) is 1.75. The van der Waals surface area contributed by atoms with Gasteiger partial charge in [-0.05, 0) is 25.0 Å². The van der Waals surface area contributed by atoms with Gasteiger partial charge in [0.15, 0.2) is 0 Å².